The predicted octanol–water partition coefficient (Wildman–Crippen LogP) is 2.41. The summed E-state index contributed by atoms with van der Waals surface area (Å²) in [5.74, 6) is 0.841. The first kappa shape index (κ1) is 12.7. The van der Waals surface area contributed by atoms with Crippen LogP contribution in [0.15, 0.2) is 42.7 Å². The molecule has 0 spiro atoms. The number of hydrogen-bond donors (Lipinski definition) is 0. The van der Waals surface area contributed by atoms with E-state index in [2.05, 4.69) is 72.7 Å². The molecule has 4 nitrogen and oxygen atoms in total. The summed E-state index contributed by atoms with van der Waals surface area (Å²) in [6.45, 7) is 3.96. The second kappa shape index (κ2) is 5.73. The highest BCUT2D eigenvalue weighted by Gasteiger charge is 2.18. The molecule has 2 aromatic rings. The van der Waals surface area contributed by atoms with Gasteiger partial charge in [-0.3, -0.25) is 0 Å². The van der Waals surface area contributed by atoms with Crippen LogP contribution in [0.25, 0.3) is 0 Å². The zero-order valence-corrected chi connectivity index (χ0v) is 12.7. The number of nitrogens with zero attached hydrogens (tertiary/aromatic N) is 4. The summed E-state index contributed by atoms with van der Waals surface area (Å²) in [6.07, 6.45) is 3.74. The molecule has 0 saturated carbocycles. The van der Waals surface area contributed by atoms with Crippen molar-refractivity contribution in [1.82, 2.24) is 9.97 Å². The lowest BCUT2D eigenvalue weighted by Crippen LogP contribution is -2.47. The van der Waals surface area contributed by atoms with Crippen molar-refractivity contribution in [1.29, 1.82) is 0 Å². The van der Waals surface area contributed by atoms with Gasteiger partial charge in [0.1, 0.15) is 0 Å². The normalized spacial score (nSPS) is 15.6. The summed E-state index contributed by atoms with van der Waals surface area (Å²) in [5, 5.41) is 0. The molecule has 1 aromatic carbocycles. The molecule has 19 heavy (non-hydrogen) atoms. The van der Waals surface area contributed by atoms with E-state index in [-0.39, 0.29) is 0 Å². The van der Waals surface area contributed by atoms with Crippen LogP contribution in [0.1, 0.15) is 0 Å². The fourth-order valence-corrected chi connectivity index (χ4v) is 2.55. The highest BCUT2D eigenvalue weighted by molar-refractivity contribution is 14.1. The third-order valence-corrected chi connectivity index (χ3v) is 3.85. The first-order chi connectivity index (χ1) is 9.33. The number of para-hydroxylation sites is 1. The Balaban J connectivity index is 1.65. The molecule has 0 unspecified atom stereocenters. The molecule has 0 N–H and O–H groups in total. The van der Waals surface area contributed by atoms with Gasteiger partial charge in [0.05, 0.1) is 0 Å². The topological polar surface area (TPSA) is 32.3 Å². The molecule has 0 bridgehead atoms. The molecule has 1 aromatic heterocycles. The highest BCUT2D eigenvalue weighted by atomic mass is 127. The van der Waals surface area contributed by atoms with E-state index in [1.165, 1.54) is 5.69 Å². The largest absolute Gasteiger partial charge is 0.368 e. The van der Waals surface area contributed by atoms with Crippen LogP contribution in [-0.2, 0) is 0 Å². The minimum atomic E-state index is 0.841. The number of piperazine rings is 1. The van der Waals surface area contributed by atoms with Crippen molar-refractivity contribution >= 4 is 34.2 Å². The van der Waals surface area contributed by atoms with Gasteiger partial charge in [-0.25, -0.2) is 9.97 Å². The number of benzene rings is 1. The van der Waals surface area contributed by atoms with E-state index in [9.17, 15) is 0 Å². The first-order valence-corrected chi connectivity index (χ1v) is 7.43. The Kier molecular flexibility index (Phi) is 3.82. The van der Waals surface area contributed by atoms with Crippen LogP contribution in [0.3, 0.4) is 0 Å². The summed E-state index contributed by atoms with van der Waals surface area (Å²) >= 11 is 2.23. The van der Waals surface area contributed by atoms with Gasteiger partial charge in [-0.1, -0.05) is 18.2 Å². The smallest absolute Gasteiger partial charge is 0.225 e. The van der Waals surface area contributed by atoms with Gasteiger partial charge in [0.15, 0.2) is 0 Å². The van der Waals surface area contributed by atoms with E-state index in [0.29, 0.717) is 0 Å². The van der Waals surface area contributed by atoms with Crippen molar-refractivity contribution in [3.63, 3.8) is 0 Å². The van der Waals surface area contributed by atoms with Crippen LogP contribution >= 0.6 is 22.6 Å². The van der Waals surface area contributed by atoms with E-state index in [4.69, 9.17) is 0 Å². The van der Waals surface area contributed by atoms with Gasteiger partial charge in [-0.15, -0.1) is 0 Å². The van der Waals surface area contributed by atoms with Crippen LogP contribution in [0.4, 0.5) is 11.6 Å². The summed E-state index contributed by atoms with van der Waals surface area (Å²) in [6, 6.07) is 10.6. The van der Waals surface area contributed by atoms with E-state index >= 15 is 0 Å². The zero-order chi connectivity index (χ0) is 13.1. The molecule has 0 atom stereocenters. The average molecular weight is 366 g/mol. The molecular weight excluding hydrogens is 351 g/mol. The van der Waals surface area contributed by atoms with Gasteiger partial charge in [0.2, 0.25) is 5.95 Å². The Morgan fingerprint density at radius 1 is 0.842 bits per heavy atom. The zero-order valence-electron chi connectivity index (χ0n) is 10.5. The van der Waals surface area contributed by atoms with E-state index in [1.807, 2.05) is 12.4 Å². The van der Waals surface area contributed by atoms with Gasteiger partial charge in [-0.05, 0) is 34.7 Å². The van der Waals surface area contributed by atoms with E-state index < -0.39 is 0 Å². The molecule has 1 aliphatic rings. The SMILES string of the molecule is Ic1cnc(N2CCN(c3ccccc3)CC2)nc1. The Morgan fingerprint density at radius 2 is 1.42 bits per heavy atom. The van der Waals surface area contributed by atoms with Gasteiger partial charge in [0.25, 0.3) is 0 Å². The van der Waals surface area contributed by atoms with Gasteiger partial charge in [0, 0.05) is 47.8 Å². The third-order valence-electron chi connectivity index (χ3n) is 3.29. The maximum atomic E-state index is 4.39. The number of halogens is 1. The van der Waals surface area contributed by atoms with Crippen LogP contribution in [0, 0.1) is 3.57 Å². The molecule has 1 saturated heterocycles. The standard InChI is InChI=1S/C14H15IN4/c15-12-10-16-14(17-11-12)19-8-6-18(7-9-19)13-4-2-1-3-5-13/h1-5,10-11H,6-9H2. The second-order valence-electron chi connectivity index (χ2n) is 4.51. The van der Waals surface area contributed by atoms with Gasteiger partial charge < -0.3 is 9.80 Å². The molecule has 3 rings (SSSR count). The van der Waals surface area contributed by atoms with Crippen LogP contribution in [0.2, 0.25) is 0 Å². The number of rotatable bonds is 2. The maximum absolute atomic E-state index is 4.39. The average Bonchev–Trinajstić information content (AvgIpc) is 2.49. The predicted molar refractivity (Wildman–Crippen MR) is 85.6 cm³/mol. The molecule has 98 valence electrons. The lowest BCUT2D eigenvalue weighted by atomic mass is 10.2. The van der Waals surface area contributed by atoms with Crippen molar-refractivity contribution in [2.75, 3.05) is 36.0 Å². The molecule has 1 fully saturated rings. The number of hydrogen-bond acceptors (Lipinski definition) is 4. The molecule has 0 aliphatic carbocycles. The number of anilines is 2. The van der Waals surface area contributed by atoms with Crippen molar-refractivity contribution in [3.8, 4) is 0 Å². The number of aromatic nitrogens is 2. The van der Waals surface area contributed by atoms with Crippen molar-refractivity contribution < 1.29 is 0 Å². The second-order valence-corrected chi connectivity index (χ2v) is 5.76. The molecular formula is C14H15IN4. The van der Waals surface area contributed by atoms with E-state index in [1.54, 1.807) is 0 Å². The maximum Gasteiger partial charge on any atom is 0.225 e. The van der Waals surface area contributed by atoms with Crippen molar-refractivity contribution in [2.45, 2.75) is 0 Å². The van der Waals surface area contributed by atoms with Crippen molar-refractivity contribution in [3.05, 3.63) is 46.3 Å². The molecule has 0 amide bonds. The lowest BCUT2D eigenvalue weighted by Gasteiger charge is -2.36. The molecule has 1 aliphatic heterocycles. The fourth-order valence-electron chi connectivity index (χ4n) is 2.27. The Morgan fingerprint density at radius 3 is 2.05 bits per heavy atom. The van der Waals surface area contributed by atoms with Crippen LogP contribution in [0.5, 0.6) is 0 Å². The quantitative estimate of drug-likeness (QED) is 0.765. The summed E-state index contributed by atoms with van der Waals surface area (Å²) in [5.41, 5.74) is 1.30. The first-order valence-electron chi connectivity index (χ1n) is 6.35. The minimum Gasteiger partial charge on any atom is -0.368 e. The Bertz CT molecular complexity index is 521. The van der Waals surface area contributed by atoms with Gasteiger partial charge in [-0.2, -0.15) is 0 Å². The van der Waals surface area contributed by atoms with Crippen molar-refractivity contribution in [2.24, 2.45) is 0 Å². The third kappa shape index (κ3) is 2.97. The summed E-state index contributed by atoms with van der Waals surface area (Å²) in [4.78, 5) is 13.4. The van der Waals surface area contributed by atoms with Crippen LogP contribution in [-0.4, -0.2) is 36.1 Å². The summed E-state index contributed by atoms with van der Waals surface area (Å²) < 4.78 is 1.07. The molecule has 0 radical (unpaired) electrons. The highest BCUT2D eigenvalue weighted by Crippen LogP contribution is 2.17. The fraction of sp³-hybridized carbons (Fsp3) is 0.286. The van der Waals surface area contributed by atoms with Gasteiger partial charge >= 0.3 is 0 Å². The monoisotopic (exact) mass is 366 g/mol. The van der Waals surface area contributed by atoms with E-state index in [0.717, 1.165) is 35.7 Å². The molecule has 2 heterocycles. The lowest BCUT2D eigenvalue weighted by molar-refractivity contribution is 0.640. The minimum absolute atomic E-state index is 0.841. The molecule has 5 heteroatoms. The summed E-state index contributed by atoms with van der Waals surface area (Å²) in [7, 11) is 0. The Hall–Kier alpha value is -1.37. The van der Waals surface area contributed by atoms with Crippen LogP contribution < -0.4 is 9.80 Å². The Labute approximate surface area is 126 Å².